The largest absolute Gasteiger partial charge is 0.496 e. The number of aliphatic hydroxyl groups is 1. The second-order valence-corrected chi connectivity index (χ2v) is 16.9. The molecule has 4 fully saturated rings. The summed E-state index contributed by atoms with van der Waals surface area (Å²) in [4.78, 5) is 11.8. The molecule has 2 N–H and O–H groups in total. The van der Waals surface area contributed by atoms with E-state index in [2.05, 4.69) is 54.2 Å². The van der Waals surface area contributed by atoms with Crippen molar-refractivity contribution < 1.29 is 19.7 Å². The molecular formula is C39H56O4. The number of hydrogen-bond donors (Lipinski definition) is 2. The summed E-state index contributed by atoms with van der Waals surface area (Å²) in [6, 6.07) is 5.64. The number of rotatable bonds is 6. The van der Waals surface area contributed by atoms with Crippen LogP contribution in [0.3, 0.4) is 0 Å². The van der Waals surface area contributed by atoms with Gasteiger partial charge >= 0.3 is 5.97 Å². The van der Waals surface area contributed by atoms with Crippen LogP contribution in [0.15, 0.2) is 36.4 Å². The molecule has 43 heavy (non-hydrogen) atoms. The van der Waals surface area contributed by atoms with Gasteiger partial charge in [0.25, 0.3) is 0 Å². The van der Waals surface area contributed by atoms with Crippen LogP contribution in [0.5, 0.6) is 5.75 Å². The molecule has 0 amide bonds. The average molecular weight is 589 g/mol. The maximum atomic E-state index is 11.8. The van der Waals surface area contributed by atoms with Crippen LogP contribution < -0.4 is 4.74 Å². The van der Waals surface area contributed by atoms with Gasteiger partial charge in [0.2, 0.25) is 0 Å². The molecule has 0 bridgehead atoms. The summed E-state index contributed by atoms with van der Waals surface area (Å²) in [6.07, 6.45) is 14.7. The number of ether oxygens (including phenoxy) is 1. The summed E-state index contributed by atoms with van der Waals surface area (Å²) in [5.41, 5.74) is 4.84. The van der Waals surface area contributed by atoms with Crippen molar-refractivity contribution in [1.29, 1.82) is 0 Å². The van der Waals surface area contributed by atoms with Crippen LogP contribution in [0.2, 0.25) is 0 Å². The number of aliphatic hydroxyl groups excluding tert-OH is 1. The topological polar surface area (TPSA) is 66.8 Å². The van der Waals surface area contributed by atoms with E-state index in [0.29, 0.717) is 47.4 Å². The highest BCUT2D eigenvalue weighted by Gasteiger charge is 2.70. The summed E-state index contributed by atoms with van der Waals surface area (Å²) in [7, 11) is 1.56. The van der Waals surface area contributed by atoms with E-state index in [-0.39, 0.29) is 27.2 Å². The fraction of sp³-hybridized carbons (Fsp3) is 0.718. The van der Waals surface area contributed by atoms with Crippen LogP contribution >= 0.6 is 0 Å². The number of benzene rings is 1. The summed E-state index contributed by atoms with van der Waals surface area (Å²) < 4.78 is 5.52. The molecule has 4 saturated carbocycles. The average Bonchev–Trinajstić information content (AvgIpc) is 3.30. The molecule has 4 heteroatoms. The SMILES string of the molecule is C=C(C)CC1CCC2(CO)CCC3(C)C(CCC4C5(C)CC=C(c6ccc(C(=O)O)c(OC)c6)C(C)(C)C5CCC43C)C12. The van der Waals surface area contributed by atoms with Gasteiger partial charge in [0.05, 0.1) is 7.11 Å². The number of carboxylic acids is 1. The smallest absolute Gasteiger partial charge is 0.339 e. The van der Waals surface area contributed by atoms with E-state index in [1.54, 1.807) is 13.2 Å². The van der Waals surface area contributed by atoms with Gasteiger partial charge in [-0.1, -0.05) is 52.3 Å². The lowest BCUT2D eigenvalue weighted by Gasteiger charge is -2.72. The maximum absolute atomic E-state index is 11.8. The van der Waals surface area contributed by atoms with Crippen molar-refractivity contribution >= 4 is 11.5 Å². The molecule has 1 aromatic carbocycles. The molecule has 1 aromatic rings. The lowest BCUT2D eigenvalue weighted by atomic mass is 9.32. The Morgan fingerprint density at radius 3 is 2.37 bits per heavy atom. The summed E-state index contributed by atoms with van der Waals surface area (Å²) in [5.74, 6) is 2.69. The van der Waals surface area contributed by atoms with Gasteiger partial charge in [-0.2, -0.15) is 0 Å². The first-order valence-electron chi connectivity index (χ1n) is 17.1. The molecule has 4 nitrogen and oxygen atoms in total. The Hall–Kier alpha value is -2.07. The molecule has 0 spiro atoms. The molecule has 6 rings (SSSR count). The van der Waals surface area contributed by atoms with Crippen LogP contribution in [-0.2, 0) is 0 Å². The first-order chi connectivity index (χ1) is 20.2. The van der Waals surface area contributed by atoms with Crippen LogP contribution in [0, 0.1) is 56.7 Å². The lowest BCUT2D eigenvalue weighted by molar-refractivity contribution is -0.229. The van der Waals surface area contributed by atoms with Crippen LogP contribution in [0.25, 0.3) is 5.57 Å². The standard InChI is InChI=1S/C39H56O4/c1-24(2)21-26-13-18-39(23-40)20-19-37(6)29(33(26)39)11-12-32-36(5)16-14-28(35(3,4)31(36)15-17-38(32,37)7)25-9-10-27(34(41)42)30(22-25)43-8/h9-10,14,22,26,29,31-33,40H,1,11-13,15-21,23H2,2-8H3,(H,41,42). The number of carboxylic acid groups (broad SMARTS) is 1. The number of hydrogen-bond acceptors (Lipinski definition) is 3. The molecule has 0 radical (unpaired) electrons. The van der Waals surface area contributed by atoms with E-state index >= 15 is 0 Å². The number of fused-ring (bicyclic) bond motifs is 7. The Bertz CT molecular complexity index is 1340. The fourth-order valence-corrected chi connectivity index (χ4v) is 13.0. The first-order valence-corrected chi connectivity index (χ1v) is 17.1. The normalized spacial score (nSPS) is 43.0. The Labute approximate surface area is 260 Å². The number of carbonyl (C=O) groups is 1. The molecular weight excluding hydrogens is 532 g/mol. The maximum Gasteiger partial charge on any atom is 0.339 e. The minimum atomic E-state index is -0.953. The van der Waals surface area contributed by atoms with Crippen LogP contribution in [0.4, 0.5) is 0 Å². The zero-order chi connectivity index (χ0) is 31.2. The third-order valence-corrected chi connectivity index (χ3v) is 15.0. The zero-order valence-electron chi connectivity index (χ0n) is 27.9. The summed E-state index contributed by atoms with van der Waals surface area (Å²) in [6.45, 7) is 19.7. The quantitative estimate of drug-likeness (QED) is 0.325. The predicted molar refractivity (Wildman–Crippen MR) is 174 cm³/mol. The predicted octanol–water partition coefficient (Wildman–Crippen LogP) is 9.43. The van der Waals surface area contributed by atoms with E-state index < -0.39 is 5.97 Å². The van der Waals surface area contributed by atoms with Crippen molar-refractivity contribution in [1.82, 2.24) is 0 Å². The third-order valence-electron chi connectivity index (χ3n) is 15.0. The fourth-order valence-electron chi connectivity index (χ4n) is 13.0. The Morgan fingerprint density at radius 2 is 1.72 bits per heavy atom. The molecule has 9 unspecified atom stereocenters. The summed E-state index contributed by atoms with van der Waals surface area (Å²) in [5, 5.41) is 20.5. The molecule has 236 valence electrons. The second kappa shape index (κ2) is 10.2. The van der Waals surface area contributed by atoms with Gasteiger partial charge in [0.15, 0.2) is 0 Å². The Morgan fingerprint density at radius 1 is 0.977 bits per heavy atom. The second-order valence-electron chi connectivity index (χ2n) is 16.9. The van der Waals surface area contributed by atoms with Crippen molar-refractivity contribution in [2.24, 2.45) is 56.7 Å². The van der Waals surface area contributed by atoms with Crippen molar-refractivity contribution in [2.45, 2.75) is 106 Å². The van der Waals surface area contributed by atoms with Gasteiger partial charge in [0, 0.05) is 6.61 Å². The van der Waals surface area contributed by atoms with Gasteiger partial charge in [-0.25, -0.2) is 4.79 Å². The van der Waals surface area contributed by atoms with Crippen molar-refractivity contribution in [2.75, 3.05) is 13.7 Å². The van der Waals surface area contributed by atoms with Crippen molar-refractivity contribution in [3.05, 3.63) is 47.6 Å². The monoisotopic (exact) mass is 588 g/mol. The molecule has 0 saturated heterocycles. The van der Waals surface area contributed by atoms with Crippen LogP contribution in [0.1, 0.15) is 122 Å². The van der Waals surface area contributed by atoms with Gasteiger partial charge in [-0.05, 0) is 151 Å². The van der Waals surface area contributed by atoms with Gasteiger partial charge in [-0.3, -0.25) is 0 Å². The third kappa shape index (κ3) is 4.20. The van der Waals surface area contributed by atoms with Gasteiger partial charge in [0.1, 0.15) is 11.3 Å². The summed E-state index contributed by atoms with van der Waals surface area (Å²) >= 11 is 0. The van der Waals surface area contributed by atoms with E-state index in [9.17, 15) is 15.0 Å². The van der Waals surface area contributed by atoms with Gasteiger partial charge < -0.3 is 14.9 Å². The molecule has 0 aromatic heterocycles. The highest BCUT2D eigenvalue weighted by Crippen LogP contribution is 2.77. The molecule has 5 aliphatic carbocycles. The van der Waals surface area contributed by atoms with E-state index in [4.69, 9.17) is 4.74 Å². The Balaban J connectivity index is 1.36. The van der Waals surface area contributed by atoms with Crippen molar-refractivity contribution in [3.8, 4) is 5.75 Å². The van der Waals surface area contributed by atoms with Crippen molar-refractivity contribution in [3.63, 3.8) is 0 Å². The minimum absolute atomic E-state index is 0.0293. The molecule has 0 aliphatic heterocycles. The zero-order valence-corrected chi connectivity index (χ0v) is 27.9. The van der Waals surface area contributed by atoms with E-state index in [0.717, 1.165) is 18.4 Å². The minimum Gasteiger partial charge on any atom is -0.496 e. The van der Waals surface area contributed by atoms with Crippen LogP contribution in [-0.4, -0.2) is 29.9 Å². The first kappa shape index (κ1) is 30.9. The number of allylic oxidation sites excluding steroid dienone is 3. The molecule has 5 aliphatic rings. The number of methoxy groups -OCH3 is 1. The van der Waals surface area contributed by atoms with Gasteiger partial charge in [-0.15, -0.1) is 6.58 Å². The highest BCUT2D eigenvalue weighted by molar-refractivity contribution is 5.91. The van der Waals surface area contributed by atoms with E-state index in [1.807, 2.05) is 12.1 Å². The molecule has 9 atom stereocenters. The molecule has 0 heterocycles. The number of aromatic carboxylic acids is 1. The lowest BCUT2D eigenvalue weighted by Crippen LogP contribution is -2.65. The highest BCUT2D eigenvalue weighted by atomic mass is 16.5. The Kier molecular flexibility index (Phi) is 7.36. The van der Waals surface area contributed by atoms with E-state index in [1.165, 1.54) is 62.5 Å².